The molecule has 1 aromatic carbocycles. The number of carbonyl (C=O) groups excluding carboxylic acids is 1. The highest BCUT2D eigenvalue weighted by Gasteiger charge is 2.62. The van der Waals surface area contributed by atoms with Crippen LogP contribution in [-0.4, -0.2) is 72.8 Å². The number of sulfonamides is 1. The van der Waals surface area contributed by atoms with E-state index in [4.69, 9.17) is 0 Å². The Bertz CT molecular complexity index is 1230. The Morgan fingerprint density at radius 2 is 1.39 bits per heavy atom. The standard InChI is InChI=1S/C38H62N4O3S/c1-29-24-30(2)27-40(26-29)37(43)36-31(3)39-42-23-20-34(25-38(36,42)35-16-12-7-5-4-6-8-13-17-35)33-18-21-41(22-19-33)46(44,45)28-32-14-10-9-11-15-32/h9-11,14-15,29-31,33-36,39H,4-8,12-13,16-28H2,1-3H3. The molecule has 8 heteroatoms. The molecule has 5 fully saturated rings. The quantitative estimate of drug-likeness (QED) is 0.364. The number of hydrazine groups is 1. The molecule has 6 atom stereocenters. The number of hydrogen-bond acceptors (Lipinski definition) is 5. The van der Waals surface area contributed by atoms with Gasteiger partial charge in [0.05, 0.1) is 17.2 Å². The van der Waals surface area contributed by atoms with Crippen LogP contribution in [0.1, 0.15) is 116 Å². The van der Waals surface area contributed by atoms with Crippen molar-refractivity contribution in [3.8, 4) is 0 Å². The second-order valence-corrected chi connectivity index (χ2v) is 18.2. The van der Waals surface area contributed by atoms with Crippen molar-refractivity contribution in [3.63, 3.8) is 0 Å². The third-order valence-electron chi connectivity index (χ3n) is 12.7. The summed E-state index contributed by atoms with van der Waals surface area (Å²) < 4.78 is 28.5. The van der Waals surface area contributed by atoms with Crippen LogP contribution in [0.3, 0.4) is 0 Å². The van der Waals surface area contributed by atoms with E-state index in [2.05, 4.69) is 36.1 Å². The van der Waals surface area contributed by atoms with Crippen LogP contribution in [0, 0.1) is 35.5 Å². The molecule has 0 bridgehead atoms. The van der Waals surface area contributed by atoms with Crippen LogP contribution in [-0.2, 0) is 20.6 Å². The van der Waals surface area contributed by atoms with E-state index in [9.17, 15) is 13.2 Å². The fourth-order valence-electron chi connectivity index (χ4n) is 10.7. The molecule has 0 radical (unpaired) electrons. The summed E-state index contributed by atoms with van der Waals surface area (Å²) in [6, 6.07) is 9.74. The zero-order chi connectivity index (χ0) is 32.3. The normalized spacial score (nSPS) is 35.1. The van der Waals surface area contributed by atoms with Gasteiger partial charge in [0.1, 0.15) is 0 Å². The average molecular weight is 655 g/mol. The van der Waals surface area contributed by atoms with Crippen LogP contribution in [0.5, 0.6) is 0 Å². The summed E-state index contributed by atoms with van der Waals surface area (Å²) in [7, 11) is -3.33. The van der Waals surface area contributed by atoms with Crippen molar-refractivity contribution in [3.05, 3.63) is 35.9 Å². The van der Waals surface area contributed by atoms with Crippen LogP contribution in [0.4, 0.5) is 0 Å². The highest BCUT2D eigenvalue weighted by Crippen LogP contribution is 2.53. The van der Waals surface area contributed by atoms with Crippen molar-refractivity contribution < 1.29 is 13.2 Å². The maximum Gasteiger partial charge on any atom is 0.229 e. The molecule has 6 rings (SSSR count). The highest BCUT2D eigenvalue weighted by atomic mass is 32.2. The van der Waals surface area contributed by atoms with Crippen LogP contribution in [0.25, 0.3) is 0 Å². The molecule has 4 saturated heterocycles. The van der Waals surface area contributed by atoms with Crippen molar-refractivity contribution in [2.75, 3.05) is 32.7 Å². The Hall–Kier alpha value is -1.48. The fraction of sp³-hybridized carbons (Fsp3) is 0.816. The molecule has 1 aliphatic carbocycles. The first kappa shape index (κ1) is 34.4. The Labute approximate surface area is 280 Å². The van der Waals surface area contributed by atoms with E-state index >= 15 is 0 Å². The molecule has 1 N–H and O–H groups in total. The molecule has 0 aromatic heterocycles. The zero-order valence-electron chi connectivity index (χ0n) is 29.0. The van der Waals surface area contributed by atoms with E-state index in [-0.39, 0.29) is 23.3 Å². The lowest BCUT2D eigenvalue weighted by atomic mass is 9.60. The fourth-order valence-corrected chi connectivity index (χ4v) is 12.3. The molecule has 4 aliphatic heterocycles. The number of nitrogens with zero attached hydrogens (tertiary/aromatic N) is 3. The predicted octanol–water partition coefficient (Wildman–Crippen LogP) is 6.85. The molecule has 1 saturated carbocycles. The molecule has 4 heterocycles. The van der Waals surface area contributed by atoms with Gasteiger partial charge >= 0.3 is 0 Å². The van der Waals surface area contributed by atoms with Crippen LogP contribution in [0.15, 0.2) is 30.3 Å². The van der Waals surface area contributed by atoms with E-state index < -0.39 is 10.0 Å². The van der Waals surface area contributed by atoms with Crippen molar-refractivity contribution in [1.82, 2.24) is 19.6 Å². The SMILES string of the molecule is CC1CC(C)CN(C(=O)C2C(C)NN3CCC(C4CCN(S(=O)(=O)Cc5ccccc5)CC4)CC23C2CCCCCCCCC2)C1. The van der Waals surface area contributed by atoms with E-state index in [1.807, 2.05) is 30.3 Å². The number of rotatable bonds is 6. The molecular formula is C38H62N4O3S. The van der Waals surface area contributed by atoms with E-state index in [1.54, 1.807) is 4.31 Å². The van der Waals surface area contributed by atoms with Gasteiger partial charge in [0.15, 0.2) is 0 Å². The van der Waals surface area contributed by atoms with Crippen molar-refractivity contribution in [2.24, 2.45) is 35.5 Å². The van der Waals surface area contributed by atoms with Crippen LogP contribution in [0.2, 0.25) is 0 Å². The summed E-state index contributed by atoms with van der Waals surface area (Å²) in [6.07, 6.45) is 17.0. The number of hydrogen-bond donors (Lipinski definition) is 1. The molecule has 46 heavy (non-hydrogen) atoms. The molecule has 5 aliphatic rings. The van der Waals surface area contributed by atoms with Crippen LogP contribution >= 0.6 is 0 Å². The van der Waals surface area contributed by atoms with Gasteiger partial charge in [-0.25, -0.2) is 17.7 Å². The summed E-state index contributed by atoms with van der Waals surface area (Å²) in [5, 5.41) is 2.60. The first-order valence-corrected chi connectivity index (χ1v) is 20.6. The lowest BCUT2D eigenvalue weighted by Crippen LogP contribution is -2.63. The zero-order valence-corrected chi connectivity index (χ0v) is 29.9. The van der Waals surface area contributed by atoms with Gasteiger partial charge in [0, 0.05) is 38.8 Å². The summed E-state index contributed by atoms with van der Waals surface area (Å²) in [6.45, 7) is 10.9. The van der Waals surface area contributed by atoms with Gasteiger partial charge in [-0.2, -0.15) is 0 Å². The minimum Gasteiger partial charge on any atom is -0.342 e. The van der Waals surface area contributed by atoms with Gasteiger partial charge in [-0.3, -0.25) is 10.2 Å². The Morgan fingerprint density at radius 1 is 0.804 bits per heavy atom. The Morgan fingerprint density at radius 3 is 2.02 bits per heavy atom. The van der Waals surface area contributed by atoms with Gasteiger partial charge in [0.2, 0.25) is 15.9 Å². The topological polar surface area (TPSA) is 73.0 Å². The van der Waals surface area contributed by atoms with Crippen molar-refractivity contribution in [1.29, 1.82) is 0 Å². The Balaban J connectivity index is 1.24. The summed E-state index contributed by atoms with van der Waals surface area (Å²) in [4.78, 5) is 17.1. The molecule has 1 amide bonds. The average Bonchev–Trinajstić information content (AvgIpc) is 3.34. The molecule has 1 aromatic rings. The predicted molar refractivity (Wildman–Crippen MR) is 186 cm³/mol. The first-order chi connectivity index (χ1) is 22.2. The summed E-state index contributed by atoms with van der Waals surface area (Å²) in [5.41, 5.74) is 4.63. The van der Waals surface area contributed by atoms with Gasteiger partial charge in [-0.05, 0) is 87.0 Å². The number of likely N-dealkylation sites (tertiary alicyclic amines) is 1. The van der Waals surface area contributed by atoms with E-state index in [1.165, 1.54) is 64.2 Å². The molecule has 258 valence electrons. The number of piperidine rings is 3. The molecule has 7 nitrogen and oxygen atoms in total. The number of fused-ring (bicyclic) bond motifs is 1. The van der Waals surface area contributed by atoms with Crippen molar-refractivity contribution in [2.45, 2.75) is 128 Å². The molecular weight excluding hydrogens is 593 g/mol. The second kappa shape index (κ2) is 15.0. The van der Waals surface area contributed by atoms with Gasteiger partial charge in [0.25, 0.3) is 0 Å². The maximum absolute atomic E-state index is 14.9. The summed E-state index contributed by atoms with van der Waals surface area (Å²) in [5.74, 6) is 3.15. The number of amides is 1. The lowest BCUT2D eigenvalue weighted by Gasteiger charge is -2.54. The minimum atomic E-state index is -3.33. The lowest BCUT2D eigenvalue weighted by molar-refractivity contribution is -0.147. The van der Waals surface area contributed by atoms with E-state index in [0.29, 0.717) is 48.6 Å². The third-order valence-corrected chi connectivity index (χ3v) is 14.6. The molecule has 6 unspecified atom stereocenters. The first-order valence-electron chi connectivity index (χ1n) is 19.0. The number of nitrogens with one attached hydrogen (secondary N) is 1. The highest BCUT2D eigenvalue weighted by molar-refractivity contribution is 7.88. The van der Waals surface area contributed by atoms with Gasteiger partial charge < -0.3 is 4.90 Å². The largest absolute Gasteiger partial charge is 0.342 e. The number of carbonyl (C=O) groups is 1. The third kappa shape index (κ3) is 7.40. The second-order valence-electron chi connectivity index (χ2n) is 16.2. The minimum absolute atomic E-state index is 0.0212. The van der Waals surface area contributed by atoms with Gasteiger partial charge in [-0.15, -0.1) is 0 Å². The van der Waals surface area contributed by atoms with Crippen molar-refractivity contribution >= 4 is 15.9 Å². The summed E-state index contributed by atoms with van der Waals surface area (Å²) >= 11 is 0. The maximum atomic E-state index is 14.9. The van der Waals surface area contributed by atoms with Gasteiger partial charge in [-0.1, -0.05) is 89.1 Å². The van der Waals surface area contributed by atoms with Crippen LogP contribution < -0.4 is 5.43 Å². The number of benzene rings is 1. The molecule has 0 spiro atoms. The smallest absolute Gasteiger partial charge is 0.229 e. The Kier molecular flexibility index (Phi) is 11.2. The monoisotopic (exact) mass is 654 g/mol. The van der Waals surface area contributed by atoms with E-state index in [0.717, 1.165) is 50.9 Å².